The number of benzene rings is 1. The number of hydrogen-bond acceptors (Lipinski definition) is 2. The lowest BCUT2D eigenvalue weighted by Gasteiger charge is -2.09. The molecule has 176 valence electrons. The third kappa shape index (κ3) is 6.77. The molecule has 3 aromatic heterocycles. The Labute approximate surface area is 200 Å². The minimum absolute atomic E-state index is 0.388. The molecule has 0 atom stereocenters. The fourth-order valence-electron chi connectivity index (χ4n) is 3.37. The Hall–Kier alpha value is -2.94. The maximum absolute atomic E-state index is 5.00. The fraction of sp³-hybridized carbons (Fsp3) is 0.400. The van der Waals surface area contributed by atoms with Gasteiger partial charge in [-0.2, -0.15) is 0 Å². The summed E-state index contributed by atoms with van der Waals surface area (Å²) in [5, 5.41) is 0. The third-order valence-corrected chi connectivity index (χ3v) is 5.03. The summed E-state index contributed by atoms with van der Waals surface area (Å²) >= 11 is 0. The van der Waals surface area contributed by atoms with Crippen LogP contribution in [0.4, 0.5) is 0 Å². The molecule has 3 heteroatoms. The molecule has 0 amide bonds. The van der Waals surface area contributed by atoms with Gasteiger partial charge in [-0.3, -0.25) is 9.38 Å². The molecule has 0 saturated heterocycles. The van der Waals surface area contributed by atoms with Crippen LogP contribution in [0.15, 0.2) is 60.8 Å². The van der Waals surface area contributed by atoms with E-state index >= 15 is 0 Å². The molecule has 0 bridgehead atoms. The lowest BCUT2D eigenvalue weighted by Crippen LogP contribution is -1.97. The average Bonchev–Trinajstić information content (AvgIpc) is 3.19. The zero-order valence-electron chi connectivity index (χ0n) is 22.0. The Morgan fingerprint density at radius 2 is 1.48 bits per heavy atom. The van der Waals surface area contributed by atoms with Crippen LogP contribution in [-0.4, -0.2) is 14.4 Å². The summed E-state index contributed by atoms with van der Waals surface area (Å²) in [7, 11) is 0. The SMILES string of the molecule is CC.CC(C)C.CCc1ccn2c(-c3cccc(C(C)C)n3)c(-c3ccc(C)cc3)nc2c1. The average molecular weight is 444 g/mol. The second kappa shape index (κ2) is 12.3. The summed E-state index contributed by atoms with van der Waals surface area (Å²) in [6.45, 7) is 19.1. The summed E-state index contributed by atoms with van der Waals surface area (Å²) in [6.07, 6.45) is 3.12. The molecule has 4 rings (SSSR count). The molecule has 0 aliphatic carbocycles. The van der Waals surface area contributed by atoms with Gasteiger partial charge in [0.05, 0.1) is 17.1 Å². The molecular weight excluding hydrogens is 402 g/mol. The first kappa shape index (κ1) is 26.3. The van der Waals surface area contributed by atoms with Crippen molar-refractivity contribution in [3.63, 3.8) is 0 Å². The van der Waals surface area contributed by atoms with E-state index in [4.69, 9.17) is 9.97 Å². The van der Waals surface area contributed by atoms with Crippen molar-refractivity contribution < 1.29 is 0 Å². The van der Waals surface area contributed by atoms with Crippen LogP contribution in [0.3, 0.4) is 0 Å². The number of fused-ring (bicyclic) bond motifs is 1. The first-order valence-corrected chi connectivity index (χ1v) is 12.4. The molecular formula is C30H41N3. The van der Waals surface area contributed by atoms with E-state index in [1.165, 1.54) is 11.1 Å². The Morgan fingerprint density at radius 3 is 2.06 bits per heavy atom. The van der Waals surface area contributed by atoms with Gasteiger partial charge in [-0.25, -0.2) is 4.98 Å². The summed E-state index contributed by atoms with van der Waals surface area (Å²) < 4.78 is 2.17. The number of rotatable bonds is 4. The zero-order chi connectivity index (χ0) is 24.5. The Balaban J connectivity index is 0.000000582. The minimum atomic E-state index is 0.388. The summed E-state index contributed by atoms with van der Waals surface area (Å²) in [5.41, 5.74) is 8.73. The predicted molar refractivity (Wildman–Crippen MR) is 144 cm³/mol. The third-order valence-electron chi connectivity index (χ3n) is 5.03. The van der Waals surface area contributed by atoms with Crippen LogP contribution in [-0.2, 0) is 6.42 Å². The van der Waals surface area contributed by atoms with Gasteiger partial charge in [0.25, 0.3) is 0 Å². The number of nitrogens with zero attached hydrogens (tertiary/aromatic N) is 3. The largest absolute Gasteiger partial charge is 0.298 e. The van der Waals surface area contributed by atoms with Crippen molar-refractivity contribution in [2.45, 2.75) is 74.7 Å². The summed E-state index contributed by atoms with van der Waals surface area (Å²) in [4.78, 5) is 9.95. The van der Waals surface area contributed by atoms with E-state index < -0.39 is 0 Å². The van der Waals surface area contributed by atoms with Gasteiger partial charge < -0.3 is 0 Å². The van der Waals surface area contributed by atoms with Gasteiger partial charge in [-0.15, -0.1) is 0 Å². The second-order valence-corrected chi connectivity index (χ2v) is 9.13. The van der Waals surface area contributed by atoms with Gasteiger partial charge in [0.2, 0.25) is 0 Å². The number of hydrogen-bond donors (Lipinski definition) is 0. The van der Waals surface area contributed by atoms with Crippen molar-refractivity contribution in [3.8, 4) is 22.6 Å². The highest BCUT2D eigenvalue weighted by Gasteiger charge is 2.18. The molecule has 0 aliphatic heterocycles. The number of imidazole rings is 1. The van der Waals surface area contributed by atoms with Crippen molar-refractivity contribution in [1.29, 1.82) is 0 Å². The van der Waals surface area contributed by atoms with E-state index in [1.54, 1.807) is 0 Å². The summed E-state index contributed by atoms with van der Waals surface area (Å²) in [5.74, 6) is 1.22. The van der Waals surface area contributed by atoms with Crippen LogP contribution >= 0.6 is 0 Å². The van der Waals surface area contributed by atoms with Crippen molar-refractivity contribution >= 4 is 5.65 Å². The smallest absolute Gasteiger partial charge is 0.138 e. The highest BCUT2D eigenvalue weighted by Crippen LogP contribution is 2.33. The van der Waals surface area contributed by atoms with Gasteiger partial charge >= 0.3 is 0 Å². The van der Waals surface area contributed by atoms with E-state index in [0.717, 1.165) is 46.3 Å². The second-order valence-electron chi connectivity index (χ2n) is 9.13. The Bertz CT molecular complexity index is 1130. The normalized spacial score (nSPS) is 10.6. The first-order chi connectivity index (χ1) is 15.8. The van der Waals surface area contributed by atoms with Gasteiger partial charge in [-0.05, 0) is 55.0 Å². The van der Waals surface area contributed by atoms with E-state index in [0.29, 0.717) is 5.92 Å². The van der Waals surface area contributed by atoms with Crippen LogP contribution in [0.1, 0.15) is 78.1 Å². The van der Waals surface area contributed by atoms with Crippen LogP contribution in [0.5, 0.6) is 0 Å². The summed E-state index contributed by atoms with van der Waals surface area (Å²) in [6, 6.07) is 19.2. The molecule has 0 spiro atoms. The van der Waals surface area contributed by atoms with Crippen molar-refractivity contribution in [1.82, 2.24) is 14.4 Å². The number of pyridine rings is 2. The fourth-order valence-corrected chi connectivity index (χ4v) is 3.37. The molecule has 0 unspecified atom stereocenters. The maximum atomic E-state index is 5.00. The maximum Gasteiger partial charge on any atom is 0.138 e. The highest BCUT2D eigenvalue weighted by atomic mass is 15.0. The zero-order valence-corrected chi connectivity index (χ0v) is 22.0. The Morgan fingerprint density at radius 1 is 0.848 bits per heavy atom. The molecule has 3 nitrogen and oxygen atoms in total. The van der Waals surface area contributed by atoms with Gasteiger partial charge in [0.1, 0.15) is 5.65 Å². The minimum Gasteiger partial charge on any atom is -0.298 e. The molecule has 4 aromatic rings. The quantitative estimate of drug-likeness (QED) is 0.315. The molecule has 33 heavy (non-hydrogen) atoms. The molecule has 0 radical (unpaired) electrons. The van der Waals surface area contributed by atoms with Crippen molar-refractivity contribution in [3.05, 3.63) is 77.6 Å². The van der Waals surface area contributed by atoms with Crippen molar-refractivity contribution in [2.75, 3.05) is 0 Å². The Kier molecular flexibility index (Phi) is 9.84. The van der Waals surface area contributed by atoms with Gasteiger partial charge in [-0.1, -0.05) is 91.3 Å². The highest BCUT2D eigenvalue weighted by molar-refractivity contribution is 5.80. The van der Waals surface area contributed by atoms with E-state index in [-0.39, 0.29) is 0 Å². The van der Waals surface area contributed by atoms with E-state index in [1.807, 2.05) is 13.8 Å². The lowest BCUT2D eigenvalue weighted by molar-refractivity contribution is 0.737. The number of aryl methyl sites for hydroxylation is 2. The van der Waals surface area contributed by atoms with Crippen molar-refractivity contribution in [2.24, 2.45) is 5.92 Å². The molecule has 0 fully saturated rings. The van der Waals surface area contributed by atoms with Crippen LogP contribution < -0.4 is 0 Å². The van der Waals surface area contributed by atoms with Gasteiger partial charge in [0.15, 0.2) is 0 Å². The lowest BCUT2D eigenvalue weighted by atomic mass is 10.1. The first-order valence-electron chi connectivity index (χ1n) is 12.4. The molecule has 0 N–H and O–H groups in total. The van der Waals surface area contributed by atoms with E-state index in [2.05, 4.69) is 114 Å². The van der Waals surface area contributed by atoms with E-state index in [9.17, 15) is 0 Å². The molecule has 0 saturated carbocycles. The van der Waals surface area contributed by atoms with Crippen LogP contribution in [0.2, 0.25) is 0 Å². The molecule has 0 aliphatic rings. The molecule has 1 aromatic carbocycles. The topological polar surface area (TPSA) is 30.2 Å². The molecule has 3 heterocycles. The standard InChI is InChI=1S/C24H25N3.C4H10.C2H6/c1-5-18-13-14-27-22(15-18)26-23(19-11-9-17(4)10-12-19)24(27)21-8-6-7-20(25-21)16(2)3;1-4(2)3;1-2/h6-16H,5H2,1-4H3;4H,1-3H3;1-2H3. The number of aromatic nitrogens is 3. The predicted octanol–water partition coefficient (Wildman–Crippen LogP) is 8.75. The van der Waals surface area contributed by atoms with Crippen LogP contribution in [0, 0.1) is 12.8 Å². The monoisotopic (exact) mass is 443 g/mol. The van der Waals surface area contributed by atoms with Crippen LogP contribution in [0.25, 0.3) is 28.3 Å². The van der Waals surface area contributed by atoms with Gasteiger partial charge in [0, 0.05) is 17.5 Å².